The smallest absolute Gasteiger partial charge is 0.121 e. The van der Waals surface area contributed by atoms with Crippen LogP contribution in [0, 0.1) is 11.8 Å². The van der Waals surface area contributed by atoms with Crippen LogP contribution in [-0.2, 0) is 5.60 Å². The minimum absolute atomic E-state index is 0.000382. The molecule has 2 nitrogen and oxygen atoms in total. The van der Waals surface area contributed by atoms with E-state index in [9.17, 15) is 10.2 Å². The van der Waals surface area contributed by atoms with E-state index in [0.29, 0.717) is 0 Å². The highest BCUT2D eigenvalue weighted by Crippen LogP contribution is 2.45. The molecular formula is C18H18O2. The van der Waals surface area contributed by atoms with E-state index in [-0.39, 0.29) is 18.4 Å². The van der Waals surface area contributed by atoms with E-state index in [2.05, 4.69) is 0 Å². The molecule has 0 unspecified atom stereocenters. The maximum atomic E-state index is 11.4. The van der Waals surface area contributed by atoms with E-state index in [1.165, 1.54) is 0 Å². The van der Waals surface area contributed by atoms with Gasteiger partial charge in [-0.1, -0.05) is 72.8 Å². The van der Waals surface area contributed by atoms with Crippen LogP contribution in [0.4, 0.5) is 0 Å². The molecule has 0 saturated carbocycles. The first-order valence-corrected chi connectivity index (χ1v) is 6.89. The molecule has 0 bridgehead atoms. The Morgan fingerprint density at radius 2 is 1.30 bits per heavy atom. The number of aliphatic hydroxyl groups is 2. The lowest BCUT2D eigenvalue weighted by molar-refractivity contribution is -0.00179. The number of benzene rings is 2. The van der Waals surface area contributed by atoms with Crippen molar-refractivity contribution in [2.45, 2.75) is 5.60 Å². The normalized spacial score (nSPS) is 21.5. The highest BCUT2D eigenvalue weighted by molar-refractivity contribution is 5.40. The summed E-state index contributed by atoms with van der Waals surface area (Å²) < 4.78 is 0. The molecule has 0 amide bonds. The molecule has 2 atom stereocenters. The quantitative estimate of drug-likeness (QED) is 0.835. The van der Waals surface area contributed by atoms with Gasteiger partial charge in [0.25, 0.3) is 0 Å². The fraction of sp³-hybridized carbons (Fsp3) is 0.222. The molecule has 20 heavy (non-hydrogen) atoms. The van der Waals surface area contributed by atoms with Crippen molar-refractivity contribution >= 4 is 0 Å². The molecule has 0 saturated heterocycles. The molecular weight excluding hydrogens is 248 g/mol. The average molecular weight is 266 g/mol. The van der Waals surface area contributed by atoms with Crippen molar-refractivity contribution in [2.24, 2.45) is 11.8 Å². The van der Waals surface area contributed by atoms with Crippen LogP contribution in [0.25, 0.3) is 0 Å². The summed E-state index contributed by atoms with van der Waals surface area (Å²) in [6, 6.07) is 19.4. The Morgan fingerprint density at radius 1 is 0.800 bits per heavy atom. The van der Waals surface area contributed by atoms with Crippen molar-refractivity contribution in [1.82, 2.24) is 0 Å². The Hall–Kier alpha value is -1.90. The molecule has 0 radical (unpaired) electrons. The maximum Gasteiger partial charge on any atom is 0.121 e. The molecule has 2 aromatic rings. The summed E-state index contributed by atoms with van der Waals surface area (Å²) in [5.41, 5.74) is 0.628. The van der Waals surface area contributed by atoms with Crippen LogP contribution in [0.3, 0.4) is 0 Å². The Labute approximate surface area is 119 Å². The lowest BCUT2D eigenvalue weighted by Gasteiger charge is -2.43. The van der Waals surface area contributed by atoms with Crippen molar-refractivity contribution in [3.8, 4) is 0 Å². The van der Waals surface area contributed by atoms with Gasteiger partial charge in [0.05, 0.1) is 6.61 Å². The van der Waals surface area contributed by atoms with Crippen LogP contribution in [0.5, 0.6) is 0 Å². The summed E-state index contributed by atoms with van der Waals surface area (Å²) in [6.45, 7) is 0.0587. The Balaban J connectivity index is 2.11. The Bertz CT molecular complexity index is 550. The molecule has 102 valence electrons. The third-order valence-corrected chi connectivity index (χ3v) is 4.15. The second-order valence-electron chi connectivity index (χ2n) is 5.26. The third kappa shape index (κ3) is 1.98. The number of hydrogen-bond acceptors (Lipinski definition) is 2. The standard InChI is InChI=1S/C18H18O2/c19-13-14-11-12-17(14)18(20,15-7-3-1-4-8-15)16-9-5-2-6-10-16/h1-12,14,17,19-20H,13H2/t14-,17+/m1/s1. The summed E-state index contributed by atoms with van der Waals surface area (Å²) in [6.07, 6.45) is 3.95. The minimum atomic E-state index is -1.09. The highest BCUT2D eigenvalue weighted by Gasteiger charge is 2.45. The van der Waals surface area contributed by atoms with E-state index in [1.807, 2.05) is 72.8 Å². The van der Waals surface area contributed by atoms with Crippen molar-refractivity contribution in [3.63, 3.8) is 0 Å². The van der Waals surface area contributed by atoms with Gasteiger partial charge >= 0.3 is 0 Å². The summed E-state index contributed by atoms with van der Waals surface area (Å²) in [7, 11) is 0. The van der Waals surface area contributed by atoms with Gasteiger partial charge in [0.15, 0.2) is 0 Å². The van der Waals surface area contributed by atoms with E-state index in [1.54, 1.807) is 0 Å². The Kier molecular flexibility index (Phi) is 3.43. The summed E-state index contributed by atoms with van der Waals surface area (Å²) in [4.78, 5) is 0. The van der Waals surface area contributed by atoms with Crippen molar-refractivity contribution in [2.75, 3.05) is 6.61 Å². The molecule has 0 heterocycles. The molecule has 2 aromatic carbocycles. The maximum absolute atomic E-state index is 11.4. The fourth-order valence-electron chi connectivity index (χ4n) is 2.94. The molecule has 1 aliphatic carbocycles. The summed E-state index contributed by atoms with van der Waals surface area (Å²) >= 11 is 0. The van der Waals surface area contributed by atoms with Gasteiger partial charge in [0, 0.05) is 11.8 Å². The predicted molar refractivity (Wildman–Crippen MR) is 79.1 cm³/mol. The van der Waals surface area contributed by atoms with Crippen LogP contribution >= 0.6 is 0 Å². The molecule has 2 heteroatoms. The number of aliphatic hydroxyl groups excluding tert-OH is 1. The van der Waals surface area contributed by atoms with E-state index in [4.69, 9.17) is 0 Å². The zero-order chi connectivity index (χ0) is 14.0. The molecule has 0 spiro atoms. The van der Waals surface area contributed by atoms with Gasteiger partial charge in [-0.2, -0.15) is 0 Å². The van der Waals surface area contributed by atoms with Crippen LogP contribution in [0.15, 0.2) is 72.8 Å². The first-order chi connectivity index (χ1) is 9.76. The van der Waals surface area contributed by atoms with E-state index >= 15 is 0 Å². The van der Waals surface area contributed by atoms with Gasteiger partial charge < -0.3 is 10.2 Å². The SMILES string of the molecule is OC[C@H]1C=C[C@@H]1C(O)(c1ccccc1)c1ccccc1. The molecule has 0 fully saturated rings. The second kappa shape index (κ2) is 5.23. The Morgan fingerprint density at radius 3 is 1.65 bits per heavy atom. The minimum Gasteiger partial charge on any atom is -0.396 e. The fourth-order valence-corrected chi connectivity index (χ4v) is 2.94. The lowest BCUT2D eigenvalue weighted by Crippen LogP contribution is -2.43. The third-order valence-electron chi connectivity index (χ3n) is 4.15. The molecule has 0 aromatic heterocycles. The van der Waals surface area contributed by atoms with Gasteiger partial charge in [-0.25, -0.2) is 0 Å². The summed E-state index contributed by atoms with van der Waals surface area (Å²) in [5, 5.41) is 20.9. The van der Waals surface area contributed by atoms with Gasteiger partial charge in [-0.3, -0.25) is 0 Å². The second-order valence-corrected chi connectivity index (χ2v) is 5.26. The first kappa shape index (κ1) is 13.1. The van der Waals surface area contributed by atoms with Crippen molar-refractivity contribution in [1.29, 1.82) is 0 Å². The van der Waals surface area contributed by atoms with Gasteiger partial charge in [0.1, 0.15) is 5.60 Å². The zero-order valence-electron chi connectivity index (χ0n) is 11.2. The highest BCUT2D eigenvalue weighted by atomic mass is 16.3. The topological polar surface area (TPSA) is 40.5 Å². The molecule has 3 rings (SSSR count). The van der Waals surface area contributed by atoms with Crippen LogP contribution < -0.4 is 0 Å². The molecule has 2 N–H and O–H groups in total. The summed E-state index contributed by atoms with van der Waals surface area (Å²) in [5.74, 6) is -0.0993. The average Bonchev–Trinajstić information content (AvgIpc) is 2.48. The monoisotopic (exact) mass is 266 g/mol. The molecule has 0 aliphatic heterocycles. The lowest BCUT2D eigenvalue weighted by atomic mass is 9.66. The number of hydrogen-bond donors (Lipinski definition) is 2. The van der Waals surface area contributed by atoms with Gasteiger partial charge in [-0.15, -0.1) is 0 Å². The van der Waals surface area contributed by atoms with Crippen LogP contribution in [-0.4, -0.2) is 16.8 Å². The van der Waals surface area contributed by atoms with E-state index < -0.39 is 5.60 Å². The van der Waals surface area contributed by atoms with Crippen LogP contribution in [0.2, 0.25) is 0 Å². The van der Waals surface area contributed by atoms with E-state index in [0.717, 1.165) is 11.1 Å². The first-order valence-electron chi connectivity index (χ1n) is 6.89. The van der Waals surface area contributed by atoms with Crippen molar-refractivity contribution in [3.05, 3.63) is 83.9 Å². The van der Waals surface area contributed by atoms with Crippen LogP contribution in [0.1, 0.15) is 11.1 Å². The van der Waals surface area contributed by atoms with Gasteiger partial charge in [0.2, 0.25) is 0 Å². The predicted octanol–water partition coefficient (Wildman–Crippen LogP) is 2.72. The van der Waals surface area contributed by atoms with Gasteiger partial charge in [-0.05, 0) is 11.1 Å². The largest absolute Gasteiger partial charge is 0.396 e. The zero-order valence-corrected chi connectivity index (χ0v) is 11.2. The molecule has 1 aliphatic rings. The van der Waals surface area contributed by atoms with Crippen molar-refractivity contribution < 1.29 is 10.2 Å². The number of rotatable bonds is 4.